The van der Waals surface area contributed by atoms with Gasteiger partial charge in [0.25, 0.3) is 0 Å². The number of aromatic nitrogens is 2. The highest BCUT2D eigenvalue weighted by atomic mass is 32.2. The van der Waals surface area contributed by atoms with Crippen LogP contribution in [0.1, 0.15) is 26.2 Å². The molecule has 21 heavy (non-hydrogen) atoms. The van der Waals surface area contributed by atoms with Crippen LogP contribution in [0.4, 0.5) is 0 Å². The third-order valence-corrected chi connectivity index (χ3v) is 4.93. The highest BCUT2D eigenvalue weighted by Gasteiger charge is 2.20. The van der Waals surface area contributed by atoms with Crippen LogP contribution in [0.5, 0.6) is 0 Å². The molecule has 0 amide bonds. The van der Waals surface area contributed by atoms with Crippen molar-refractivity contribution in [3.8, 4) is 11.3 Å². The molecule has 0 saturated carbocycles. The van der Waals surface area contributed by atoms with Gasteiger partial charge in [0.2, 0.25) is 0 Å². The Morgan fingerprint density at radius 3 is 2.90 bits per heavy atom. The first-order valence-electron chi connectivity index (χ1n) is 7.74. The fourth-order valence-electron chi connectivity index (χ4n) is 2.68. The first-order chi connectivity index (χ1) is 10.4. The molecule has 0 spiro atoms. The van der Waals surface area contributed by atoms with Gasteiger partial charge in [0, 0.05) is 12.4 Å². The van der Waals surface area contributed by atoms with Crippen molar-refractivity contribution in [1.82, 2.24) is 9.55 Å². The maximum Gasteiger partial charge on any atom is 0.168 e. The second kappa shape index (κ2) is 7.14. The van der Waals surface area contributed by atoms with Gasteiger partial charge in [-0.1, -0.05) is 49.0 Å². The molecule has 1 aromatic heterocycles. The van der Waals surface area contributed by atoms with Crippen molar-refractivity contribution in [3.63, 3.8) is 0 Å². The van der Waals surface area contributed by atoms with E-state index in [1.807, 2.05) is 18.0 Å². The molecule has 1 saturated heterocycles. The highest BCUT2D eigenvalue weighted by Crippen LogP contribution is 2.28. The van der Waals surface area contributed by atoms with Crippen LogP contribution in [0.25, 0.3) is 11.3 Å². The summed E-state index contributed by atoms with van der Waals surface area (Å²) in [6, 6.07) is 10.5. The summed E-state index contributed by atoms with van der Waals surface area (Å²) in [6.07, 6.45) is 5.84. The highest BCUT2D eigenvalue weighted by molar-refractivity contribution is 7.99. The Hall–Kier alpha value is -1.26. The van der Waals surface area contributed by atoms with Crippen molar-refractivity contribution in [2.45, 2.75) is 44.0 Å². The molecule has 0 aliphatic carbocycles. The van der Waals surface area contributed by atoms with Crippen LogP contribution in [0, 0.1) is 0 Å². The summed E-state index contributed by atoms with van der Waals surface area (Å²) in [5, 5.41) is 1.12. The lowest BCUT2D eigenvalue weighted by molar-refractivity contribution is 0.0954. The number of nitrogens with zero attached hydrogens (tertiary/aromatic N) is 2. The van der Waals surface area contributed by atoms with Crippen molar-refractivity contribution < 1.29 is 4.74 Å². The SMILES string of the molecule is CCCSc1ncc(-c2ccccc2)n1CC1CCCO1. The molecule has 112 valence electrons. The van der Waals surface area contributed by atoms with Crippen molar-refractivity contribution in [1.29, 1.82) is 0 Å². The summed E-state index contributed by atoms with van der Waals surface area (Å²) in [7, 11) is 0. The largest absolute Gasteiger partial charge is 0.376 e. The topological polar surface area (TPSA) is 27.1 Å². The number of imidazole rings is 1. The molecule has 3 rings (SSSR count). The van der Waals surface area contributed by atoms with Gasteiger partial charge in [-0.25, -0.2) is 4.98 Å². The van der Waals surface area contributed by atoms with Gasteiger partial charge in [0.15, 0.2) is 5.16 Å². The molecule has 3 nitrogen and oxygen atoms in total. The van der Waals surface area contributed by atoms with Gasteiger partial charge in [0.1, 0.15) is 0 Å². The second-order valence-corrected chi connectivity index (χ2v) is 6.45. The molecule has 1 unspecified atom stereocenters. The van der Waals surface area contributed by atoms with Crippen molar-refractivity contribution in [2.24, 2.45) is 0 Å². The van der Waals surface area contributed by atoms with Crippen molar-refractivity contribution >= 4 is 11.8 Å². The average molecular weight is 302 g/mol. The number of ether oxygens (including phenoxy) is 1. The summed E-state index contributed by atoms with van der Waals surface area (Å²) in [5.74, 6) is 1.11. The zero-order valence-corrected chi connectivity index (χ0v) is 13.3. The number of benzene rings is 1. The number of hydrogen-bond donors (Lipinski definition) is 0. The van der Waals surface area contributed by atoms with Crippen LogP contribution < -0.4 is 0 Å². The van der Waals surface area contributed by atoms with Gasteiger partial charge in [-0.05, 0) is 24.8 Å². The van der Waals surface area contributed by atoms with Gasteiger partial charge in [0.05, 0.1) is 24.5 Å². The summed E-state index contributed by atoms with van der Waals surface area (Å²) >= 11 is 1.84. The Labute approximate surface area is 130 Å². The molecule has 1 aromatic carbocycles. The molecule has 0 bridgehead atoms. The third kappa shape index (κ3) is 3.50. The van der Waals surface area contributed by atoms with Gasteiger partial charge in [-0.3, -0.25) is 0 Å². The molecule has 4 heteroatoms. The van der Waals surface area contributed by atoms with E-state index >= 15 is 0 Å². The van der Waals surface area contributed by atoms with Gasteiger partial charge < -0.3 is 9.30 Å². The number of thioether (sulfide) groups is 1. The van der Waals surface area contributed by atoms with Crippen LogP contribution in [-0.4, -0.2) is 28.0 Å². The molecule has 1 aliphatic rings. The summed E-state index contributed by atoms with van der Waals surface area (Å²) in [5.41, 5.74) is 2.43. The van der Waals surface area contributed by atoms with E-state index in [1.165, 1.54) is 17.7 Å². The number of hydrogen-bond acceptors (Lipinski definition) is 3. The van der Waals surface area contributed by atoms with Gasteiger partial charge >= 0.3 is 0 Å². The monoisotopic (exact) mass is 302 g/mol. The lowest BCUT2D eigenvalue weighted by atomic mass is 10.1. The summed E-state index contributed by atoms with van der Waals surface area (Å²) < 4.78 is 8.16. The zero-order valence-electron chi connectivity index (χ0n) is 12.5. The Morgan fingerprint density at radius 2 is 2.19 bits per heavy atom. The molecular weight excluding hydrogens is 280 g/mol. The van der Waals surface area contributed by atoms with Crippen LogP contribution in [-0.2, 0) is 11.3 Å². The predicted molar refractivity (Wildman–Crippen MR) is 87.7 cm³/mol. The molecule has 1 fully saturated rings. The van der Waals surface area contributed by atoms with Crippen molar-refractivity contribution in [2.75, 3.05) is 12.4 Å². The smallest absolute Gasteiger partial charge is 0.168 e. The minimum atomic E-state index is 0.336. The second-order valence-electron chi connectivity index (χ2n) is 5.39. The van der Waals surface area contributed by atoms with Gasteiger partial charge in [-0.2, -0.15) is 0 Å². The Bertz CT molecular complexity index is 561. The maximum absolute atomic E-state index is 5.82. The summed E-state index contributed by atoms with van der Waals surface area (Å²) in [6.45, 7) is 4.02. The van der Waals surface area contributed by atoms with Crippen LogP contribution in [0.2, 0.25) is 0 Å². The first kappa shape index (κ1) is 14.7. The third-order valence-electron chi connectivity index (χ3n) is 3.73. The number of rotatable bonds is 6. The van der Waals surface area contributed by atoms with Crippen LogP contribution in [0.3, 0.4) is 0 Å². The molecule has 1 aliphatic heterocycles. The first-order valence-corrected chi connectivity index (χ1v) is 8.72. The molecule has 2 heterocycles. The Balaban J connectivity index is 1.89. The summed E-state index contributed by atoms with van der Waals surface area (Å²) in [4.78, 5) is 4.64. The van der Waals surface area contributed by atoms with E-state index in [2.05, 4.69) is 46.8 Å². The fourth-order valence-corrected chi connectivity index (χ4v) is 3.52. The molecule has 0 radical (unpaired) electrons. The quantitative estimate of drug-likeness (QED) is 0.747. The lowest BCUT2D eigenvalue weighted by Gasteiger charge is -2.16. The Morgan fingerprint density at radius 1 is 1.33 bits per heavy atom. The van der Waals surface area contributed by atoms with Gasteiger partial charge in [-0.15, -0.1) is 0 Å². The molecule has 1 atom stereocenters. The van der Waals surface area contributed by atoms with E-state index in [9.17, 15) is 0 Å². The van der Waals surface area contributed by atoms with E-state index in [1.54, 1.807) is 0 Å². The zero-order chi connectivity index (χ0) is 14.5. The van der Waals surface area contributed by atoms with E-state index in [0.29, 0.717) is 6.10 Å². The van der Waals surface area contributed by atoms with Crippen LogP contribution in [0.15, 0.2) is 41.7 Å². The van der Waals surface area contributed by atoms with Crippen LogP contribution >= 0.6 is 11.8 Å². The molecule has 0 N–H and O–H groups in total. The van der Waals surface area contributed by atoms with E-state index < -0.39 is 0 Å². The normalized spacial score (nSPS) is 18.2. The van der Waals surface area contributed by atoms with E-state index in [0.717, 1.165) is 36.9 Å². The predicted octanol–water partition coefficient (Wildman–Crippen LogP) is 4.23. The average Bonchev–Trinajstić information content (AvgIpc) is 3.17. The fraction of sp³-hybridized carbons (Fsp3) is 0.471. The van der Waals surface area contributed by atoms with E-state index in [4.69, 9.17) is 4.74 Å². The molecule has 2 aromatic rings. The standard InChI is InChI=1S/C17H22N2OS/c1-2-11-21-17-18-12-16(14-7-4-3-5-8-14)19(17)13-15-9-6-10-20-15/h3-5,7-8,12,15H,2,6,9-11,13H2,1H3. The minimum absolute atomic E-state index is 0.336. The van der Waals surface area contributed by atoms with Crippen molar-refractivity contribution in [3.05, 3.63) is 36.5 Å². The minimum Gasteiger partial charge on any atom is -0.376 e. The Kier molecular flexibility index (Phi) is 4.99. The van der Waals surface area contributed by atoms with E-state index in [-0.39, 0.29) is 0 Å². The molecular formula is C17H22N2OS. The lowest BCUT2D eigenvalue weighted by Crippen LogP contribution is -2.16. The maximum atomic E-state index is 5.82.